The molecule has 1 amide bonds. The predicted molar refractivity (Wildman–Crippen MR) is 135 cm³/mol. The number of hydrogen-bond acceptors (Lipinski definition) is 7. The molecule has 1 N–H and O–H groups in total. The first-order valence-electron chi connectivity index (χ1n) is 10.7. The van der Waals surface area contributed by atoms with Crippen molar-refractivity contribution in [3.8, 4) is 6.07 Å². The number of ether oxygens (including phenoxy) is 1. The first kappa shape index (κ1) is 22.0. The van der Waals surface area contributed by atoms with Crippen LogP contribution in [0, 0.1) is 11.3 Å². The first-order chi connectivity index (χ1) is 16.6. The van der Waals surface area contributed by atoms with Gasteiger partial charge in [0, 0.05) is 10.3 Å². The van der Waals surface area contributed by atoms with Crippen molar-refractivity contribution in [1.82, 2.24) is 4.98 Å². The van der Waals surface area contributed by atoms with E-state index in [0.717, 1.165) is 34.5 Å². The molecular weight excluding hydrogens is 466 g/mol. The van der Waals surface area contributed by atoms with E-state index in [4.69, 9.17) is 15.0 Å². The Kier molecular flexibility index (Phi) is 6.21. The van der Waals surface area contributed by atoms with Crippen LogP contribution in [0.4, 0.5) is 5.00 Å². The van der Waals surface area contributed by atoms with E-state index in [-0.39, 0.29) is 0 Å². The van der Waals surface area contributed by atoms with Crippen molar-refractivity contribution in [2.24, 2.45) is 0 Å². The Balaban J connectivity index is 1.46. The molecule has 0 unspecified atom stereocenters. The molecule has 0 bridgehead atoms. The van der Waals surface area contributed by atoms with Crippen LogP contribution in [0.5, 0.6) is 0 Å². The SMILES string of the molecule is N#Cc1ccsc1NC(=O)COC(=O)c1c2c(nc3ccccc13)/C(=C\c1cccs1)CCC2. The monoisotopic (exact) mass is 485 g/mol. The van der Waals surface area contributed by atoms with Crippen LogP contribution in [0.1, 0.15) is 44.9 Å². The van der Waals surface area contributed by atoms with Gasteiger partial charge in [0.05, 0.1) is 22.3 Å². The number of nitriles is 1. The lowest BCUT2D eigenvalue weighted by atomic mass is 9.86. The van der Waals surface area contributed by atoms with Crippen molar-refractivity contribution >= 4 is 62.1 Å². The van der Waals surface area contributed by atoms with E-state index < -0.39 is 18.5 Å². The highest BCUT2D eigenvalue weighted by atomic mass is 32.1. The van der Waals surface area contributed by atoms with Crippen molar-refractivity contribution in [2.45, 2.75) is 19.3 Å². The molecule has 4 aromatic rings. The summed E-state index contributed by atoms with van der Waals surface area (Å²) in [6.07, 6.45) is 4.64. The maximum atomic E-state index is 13.3. The minimum Gasteiger partial charge on any atom is -0.452 e. The average Bonchev–Trinajstić information content (AvgIpc) is 3.53. The number of fused-ring (bicyclic) bond motifs is 2. The molecule has 0 saturated carbocycles. The quantitative estimate of drug-likeness (QED) is 0.355. The predicted octanol–water partition coefficient (Wildman–Crippen LogP) is 5.90. The summed E-state index contributed by atoms with van der Waals surface area (Å²) in [6, 6.07) is 15.2. The van der Waals surface area contributed by atoms with Gasteiger partial charge in [-0.25, -0.2) is 9.78 Å². The molecule has 6 nitrogen and oxygen atoms in total. The van der Waals surface area contributed by atoms with Crippen LogP contribution in [0.15, 0.2) is 53.2 Å². The number of carbonyl (C=O) groups excluding carboxylic acids is 2. The van der Waals surface area contributed by atoms with Crippen molar-refractivity contribution in [3.05, 3.63) is 80.5 Å². The number of hydrogen-bond donors (Lipinski definition) is 1. The molecule has 8 heteroatoms. The largest absolute Gasteiger partial charge is 0.452 e. The van der Waals surface area contributed by atoms with Crippen LogP contribution in [0.3, 0.4) is 0 Å². The van der Waals surface area contributed by atoms with Gasteiger partial charge in [-0.3, -0.25) is 4.79 Å². The molecule has 0 radical (unpaired) electrons. The van der Waals surface area contributed by atoms with Crippen LogP contribution < -0.4 is 5.32 Å². The second-order valence-corrected chi connectivity index (χ2v) is 9.66. The van der Waals surface area contributed by atoms with Gasteiger partial charge in [0.1, 0.15) is 11.1 Å². The Morgan fingerprint density at radius 2 is 2.00 bits per heavy atom. The molecule has 0 saturated heterocycles. The van der Waals surface area contributed by atoms with E-state index in [1.807, 2.05) is 41.8 Å². The van der Waals surface area contributed by atoms with Crippen LogP contribution in [0.2, 0.25) is 0 Å². The van der Waals surface area contributed by atoms with Gasteiger partial charge < -0.3 is 10.1 Å². The smallest absolute Gasteiger partial charge is 0.339 e. The number of allylic oxidation sites excluding steroid dienone is 1. The first-order valence-corrected chi connectivity index (χ1v) is 12.5. The fraction of sp³-hybridized carbons (Fsp3) is 0.154. The van der Waals surface area contributed by atoms with Gasteiger partial charge >= 0.3 is 5.97 Å². The molecule has 0 atom stereocenters. The molecule has 3 aromatic heterocycles. The normalized spacial score (nSPS) is 13.9. The summed E-state index contributed by atoms with van der Waals surface area (Å²) in [6.45, 7) is -0.440. The lowest BCUT2D eigenvalue weighted by Crippen LogP contribution is -2.22. The number of rotatable bonds is 5. The van der Waals surface area contributed by atoms with Crippen molar-refractivity contribution < 1.29 is 14.3 Å². The zero-order chi connectivity index (χ0) is 23.5. The average molecular weight is 486 g/mol. The number of nitrogens with zero attached hydrogens (tertiary/aromatic N) is 2. The third kappa shape index (κ3) is 4.36. The Hall–Kier alpha value is -3.80. The molecule has 0 spiro atoms. The number of esters is 1. The van der Waals surface area contributed by atoms with Crippen LogP contribution in [-0.2, 0) is 16.0 Å². The summed E-state index contributed by atoms with van der Waals surface area (Å²) >= 11 is 2.91. The number of carbonyl (C=O) groups is 2. The Morgan fingerprint density at radius 3 is 2.82 bits per heavy atom. The minimum absolute atomic E-state index is 0.379. The highest BCUT2D eigenvalue weighted by molar-refractivity contribution is 7.14. The molecular formula is C26H19N3O3S2. The Morgan fingerprint density at radius 1 is 1.12 bits per heavy atom. The van der Waals surface area contributed by atoms with E-state index in [2.05, 4.69) is 17.5 Å². The third-order valence-electron chi connectivity index (χ3n) is 5.61. The Bertz CT molecular complexity index is 1460. The van der Waals surface area contributed by atoms with E-state index in [1.54, 1.807) is 22.8 Å². The molecule has 34 heavy (non-hydrogen) atoms. The van der Waals surface area contributed by atoms with Crippen LogP contribution >= 0.6 is 22.7 Å². The van der Waals surface area contributed by atoms with Gasteiger partial charge in [-0.15, -0.1) is 22.7 Å². The molecule has 0 fully saturated rings. The molecule has 5 rings (SSSR count). The summed E-state index contributed by atoms with van der Waals surface area (Å²) in [5.41, 5.74) is 4.36. The number of amides is 1. The fourth-order valence-corrected chi connectivity index (χ4v) is 5.55. The second-order valence-electron chi connectivity index (χ2n) is 7.77. The number of para-hydroxylation sites is 1. The molecule has 1 aromatic carbocycles. The van der Waals surface area contributed by atoms with Gasteiger partial charge in [-0.05, 0) is 65.4 Å². The van der Waals surface area contributed by atoms with Gasteiger partial charge in [-0.1, -0.05) is 24.3 Å². The number of aromatic nitrogens is 1. The third-order valence-corrected chi connectivity index (χ3v) is 7.26. The molecule has 1 aliphatic rings. The summed E-state index contributed by atoms with van der Waals surface area (Å²) in [5.74, 6) is -1.04. The number of pyridine rings is 1. The maximum absolute atomic E-state index is 13.3. The lowest BCUT2D eigenvalue weighted by Gasteiger charge is -2.22. The number of thiophene rings is 2. The lowest BCUT2D eigenvalue weighted by molar-refractivity contribution is -0.119. The number of anilines is 1. The fourth-order valence-electron chi connectivity index (χ4n) is 4.11. The molecule has 0 aliphatic heterocycles. The van der Waals surface area contributed by atoms with Gasteiger partial charge in [0.15, 0.2) is 6.61 Å². The van der Waals surface area contributed by atoms with Crippen LogP contribution in [0.25, 0.3) is 22.6 Å². The summed E-state index contributed by atoms with van der Waals surface area (Å²) in [7, 11) is 0. The molecule has 1 aliphatic carbocycles. The van der Waals surface area contributed by atoms with Crippen LogP contribution in [-0.4, -0.2) is 23.5 Å². The van der Waals surface area contributed by atoms with Gasteiger partial charge in [0.2, 0.25) is 0 Å². The van der Waals surface area contributed by atoms with E-state index in [9.17, 15) is 9.59 Å². The van der Waals surface area contributed by atoms with Crippen molar-refractivity contribution in [2.75, 3.05) is 11.9 Å². The summed E-state index contributed by atoms with van der Waals surface area (Å²) in [4.78, 5) is 31.7. The van der Waals surface area contributed by atoms with E-state index in [0.29, 0.717) is 33.5 Å². The Labute approximate surface area is 204 Å². The molecule has 168 valence electrons. The van der Waals surface area contributed by atoms with Gasteiger partial charge in [0.25, 0.3) is 5.91 Å². The number of benzene rings is 1. The number of nitrogens with one attached hydrogen (secondary N) is 1. The van der Waals surface area contributed by atoms with Crippen molar-refractivity contribution in [3.63, 3.8) is 0 Å². The van der Waals surface area contributed by atoms with Gasteiger partial charge in [-0.2, -0.15) is 5.26 Å². The highest BCUT2D eigenvalue weighted by Gasteiger charge is 2.26. The minimum atomic E-state index is -0.547. The summed E-state index contributed by atoms with van der Waals surface area (Å²) in [5, 5.41) is 16.7. The zero-order valence-corrected chi connectivity index (χ0v) is 19.7. The topological polar surface area (TPSA) is 92.1 Å². The van der Waals surface area contributed by atoms with E-state index in [1.165, 1.54) is 11.3 Å². The highest BCUT2D eigenvalue weighted by Crippen LogP contribution is 2.36. The van der Waals surface area contributed by atoms with E-state index >= 15 is 0 Å². The van der Waals surface area contributed by atoms with Crippen molar-refractivity contribution in [1.29, 1.82) is 5.26 Å². The maximum Gasteiger partial charge on any atom is 0.339 e. The standard InChI is InChI=1S/C26H19N3O3S2/c27-14-17-10-12-34-25(17)29-22(30)15-32-26(31)23-19-7-1-2-9-21(19)28-24-16(5-3-8-20(23)24)13-18-6-4-11-33-18/h1-2,4,6-7,9-13H,3,5,8,15H2,(H,29,30)/b16-13-. The zero-order valence-electron chi connectivity index (χ0n) is 18.0. The second kappa shape index (κ2) is 9.59. The molecule has 3 heterocycles. The summed E-state index contributed by atoms with van der Waals surface area (Å²) < 4.78 is 5.45.